The number of benzene rings is 3. The van der Waals surface area contributed by atoms with Crippen molar-refractivity contribution in [2.75, 3.05) is 39.1 Å². The van der Waals surface area contributed by atoms with Crippen LogP contribution in [0.5, 0.6) is 23.0 Å². The van der Waals surface area contributed by atoms with E-state index in [2.05, 4.69) is 10.6 Å². The first kappa shape index (κ1) is 29.9. The Kier molecular flexibility index (Phi) is 9.36. The lowest BCUT2D eigenvalue weighted by Crippen LogP contribution is -2.29. The molecule has 3 rings (SSSR count). The molecular weight excluding hydrogens is 516 g/mol. The van der Waals surface area contributed by atoms with Crippen LogP contribution in [-0.4, -0.2) is 40.6 Å². The molecule has 0 fully saturated rings. The van der Waals surface area contributed by atoms with Crippen LogP contribution in [0.2, 0.25) is 0 Å². The van der Waals surface area contributed by atoms with E-state index in [4.69, 9.17) is 28.4 Å². The number of rotatable bonds is 10. The van der Waals surface area contributed by atoms with Gasteiger partial charge in [-0.15, -0.1) is 0 Å². The number of ether oxygens (including phenoxy) is 6. The van der Waals surface area contributed by atoms with E-state index in [-0.39, 0.29) is 0 Å². The minimum atomic E-state index is -0.975. The van der Waals surface area contributed by atoms with E-state index in [1.807, 2.05) is 0 Å². The molecule has 40 heavy (non-hydrogen) atoms. The average molecular weight is 553 g/mol. The quantitative estimate of drug-likeness (QED) is 0.286. The molecule has 0 heterocycles. The molecule has 10 nitrogen and oxygen atoms in total. The number of methoxy groups -OCH3 is 4. The normalized spacial score (nSPS) is 11.2. The van der Waals surface area contributed by atoms with E-state index >= 15 is 0 Å². The Labute approximate surface area is 234 Å². The Balaban J connectivity index is 1.61. The molecule has 0 aromatic heterocycles. The van der Waals surface area contributed by atoms with Gasteiger partial charge in [0.05, 0.1) is 28.4 Å². The van der Waals surface area contributed by atoms with E-state index in [1.165, 1.54) is 0 Å². The second-order valence-electron chi connectivity index (χ2n) is 9.83. The summed E-state index contributed by atoms with van der Waals surface area (Å²) in [6.07, 6.45) is -1.30. The fraction of sp³-hybridized carbons (Fsp3) is 0.333. The van der Waals surface area contributed by atoms with Crippen molar-refractivity contribution < 1.29 is 38.0 Å². The Hall–Kier alpha value is -4.60. The summed E-state index contributed by atoms with van der Waals surface area (Å²) in [6.45, 7) is 7.07. The molecule has 0 aliphatic carbocycles. The van der Waals surface area contributed by atoms with Crippen LogP contribution in [0, 0.1) is 0 Å². The van der Waals surface area contributed by atoms with E-state index in [0.29, 0.717) is 45.5 Å². The summed E-state index contributed by atoms with van der Waals surface area (Å²) in [7, 11) is 6.21. The largest absolute Gasteiger partial charge is 0.497 e. The van der Waals surface area contributed by atoms with Crippen LogP contribution in [-0.2, 0) is 20.7 Å². The molecule has 0 unspecified atom stereocenters. The minimum Gasteiger partial charge on any atom is -0.497 e. The fourth-order valence-corrected chi connectivity index (χ4v) is 3.82. The predicted octanol–water partition coefficient (Wildman–Crippen LogP) is 6.69. The van der Waals surface area contributed by atoms with Crippen molar-refractivity contribution in [3.05, 3.63) is 71.8 Å². The van der Waals surface area contributed by atoms with Gasteiger partial charge in [0.1, 0.15) is 34.2 Å². The Morgan fingerprint density at radius 2 is 0.800 bits per heavy atom. The smallest absolute Gasteiger partial charge is 0.412 e. The van der Waals surface area contributed by atoms with E-state index in [1.54, 1.807) is 117 Å². The topological polar surface area (TPSA) is 114 Å². The molecule has 214 valence electrons. The van der Waals surface area contributed by atoms with Gasteiger partial charge in [-0.2, -0.15) is 0 Å². The van der Waals surface area contributed by atoms with Crippen LogP contribution in [0.25, 0.3) is 0 Å². The van der Waals surface area contributed by atoms with Gasteiger partial charge in [-0.3, -0.25) is 10.6 Å². The molecule has 0 spiro atoms. The van der Waals surface area contributed by atoms with Crippen LogP contribution in [0.1, 0.15) is 38.8 Å². The summed E-state index contributed by atoms with van der Waals surface area (Å²) in [6, 6.07) is 17.1. The summed E-state index contributed by atoms with van der Waals surface area (Å²) >= 11 is 0. The zero-order chi connectivity index (χ0) is 29.5. The average Bonchev–Trinajstić information content (AvgIpc) is 2.92. The van der Waals surface area contributed by atoms with Gasteiger partial charge in [0, 0.05) is 34.6 Å². The third kappa shape index (κ3) is 7.72. The minimum absolute atomic E-state index is 0.478. The summed E-state index contributed by atoms with van der Waals surface area (Å²) < 4.78 is 32.6. The lowest BCUT2D eigenvalue weighted by Gasteiger charge is -2.27. The third-order valence-corrected chi connectivity index (χ3v) is 6.17. The van der Waals surface area contributed by atoms with Gasteiger partial charge in [-0.25, -0.2) is 9.59 Å². The van der Waals surface area contributed by atoms with Gasteiger partial charge in [0.25, 0.3) is 0 Å². The van der Waals surface area contributed by atoms with Gasteiger partial charge in [-0.1, -0.05) is 0 Å². The van der Waals surface area contributed by atoms with Crippen molar-refractivity contribution in [3.8, 4) is 23.0 Å². The third-order valence-electron chi connectivity index (χ3n) is 6.17. The molecule has 3 aromatic carbocycles. The zero-order valence-electron chi connectivity index (χ0n) is 24.0. The summed E-state index contributed by atoms with van der Waals surface area (Å²) in [5, 5.41) is 5.39. The molecule has 10 heteroatoms. The Morgan fingerprint density at radius 1 is 0.525 bits per heavy atom. The molecule has 3 aromatic rings. The number of hydrogen-bond acceptors (Lipinski definition) is 8. The van der Waals surface area contributed by atoms with E-state index in [9.17, 15) is 9.59 Å². The van der Waals surface area contributed by atoms with E-state index < -0.39 is 23.4 Å². The second kappa shape index (κ2) is 12.5. The standard InChI is InChI=1S/C30H36N2O8/c1-29(2,19-13-23(35-5)17-24(14-19)36-6)39-27(33)31-21-9-11-22(12-10-21)32-28(34)40-30(3,4)20-15-25(37-7)18-26(16-20)38-8/h9-18H,1-8H3,(H,31,33)(H,32,34). The van der Waals surface area contributed by atoms with Crippen LogP contribution in [0.4, 0.5) is 21.0 Å². The molecule has 0 atom stereocenters. The molecule has 2 N–H and O–H groups in total. The maximum absolute atomic E-state index is 12.7. The summed E-state index contributed by atoms with van der Waals surface area (Å²) in [5.41, 5.74) is 0.408. The van der Waals surface area contributed by atoms with Crippen LogP contribution in [0.3, 0.4) is 0 Å². The van der Waals surface area contributed by atoms with Crippen molar-refractivity contribution in [1.82, 2.24) is 0 Å². The molecule has 0 radical (unpaired) electrons. The Bertz CT molecular complexity index is 1190. The lowest BCUT2D eigenvalue weighted by molar-refractivity contribution is 0.0454. The van der Waals surface area contributed by atoms with Gasteiger partial charge in [-0.05, 0) is 76.2 Å². The maximum Gasteiger partial charge on any atom is 0.412 e. The molecule has 0 saturated heterocycles. The molecule has 0 bridgehead atoms. The first-order chi connectivity index (χ1) is 18.9. The van der Waals surface area contributed by atoms with Crippen molar-refractivity contribution in [1.29, 1.82) is 0 Å². The summed E-state index contributed by atoms with van der Waals surface area (Å²) in [5.74, 6) is 2.33. The van der Waals surface area contributed by atoms with Gasteiger partial charge in [0.15, 0.2) is 0 Å². The molecule has 0 aliphatic rings. The highest BCUT2D eigenvalue weighted by Crippen LogP contribution is 2.34. The SMILES string of the molecule is COc1cc(OC)cc(C(C)(C)OC(=O)Nc2ccc(NC(=O)OC(C)(C)c3cc(OC)cc(OC)c3)cc2)c1. The van der Waals surface area contributed by atoms with Gasteiger partial charge in [0.2, 0.25) is 0 Å². The molecular formula is C30H36N2O8. The predicted molar refractivity (Wildman–Crippen MR) is 152 cm³/mol. The van der Waals surface area contributed by atoms with Crippen molar-refractivity contribution >= 4 is 23.6 Å². The van der Waals surface area contributed by atoms with Crippen LogP contribution in [0.15, 0.2) is 60.7 Å². The van der Waals surface area contributed by atoms with Crippen LogP contribution < -0.4 is 29.6 Å². The van der Waals surface area contributed by atoms with Crippen molar-refractivity contribution in [3.63, 3.8) is 0 Å². The Morgan fingerprint density at radius 3 is 1.05 bits per heavy atom. The highest BCUT2D eigenvalue weighted by atomic mass is 16.6. The molecule has 2 amide bonds. The van der Waals surface area contributed by atoms with Gasteiger partial charge >= 0.3 is 12.2 Å². The van der Waals surface area contributed by atoms with Crippen molar-refractivity contribution in [2.45, 2.75) is 38.9 Å². The number of amides is 2. The van der Waals surface area contributed by atoms with Crippen molar-refractivity contribution in [2.24, 2.45) is 0 Å². The monoisotopic (exact) mass is 552 g/mol. The highest BCUT2D eigenvalue weighted by Gasteiger charge is 2.28. The van der Waals surface area contributed by atoms with E-state index in [0.717, 1.165) is 0 Å². The first-order valence-corrected chi connectivity index (χ1v) is 12.5. The lowest BCUT2D eigenvalue weighted by atomic mass is 9.97. The number of hydrogen-bond donors (Lipinski definition) is 2. The number of anilines is 2. The highest BCUT2D eigenvalue weighted by molar-refractivity contribution is 5.87. The first-order valence-electron chi connectivity index (χ1n) is 12.5. The second-order valence-corrected chi connectivity index (χ2v) is 9.83. The fourth-order valence-electron chi connectivity index (χ4n) is 3.82. The number of carbonyl (C=O) groups excluding carboxylic acids is 2. The molecule has 0 aliphatic heterocycles. The number of carbonyl (C=O) groups is 2. The molecule has 0 saturated carbocycles. The summed E-state index contributed by atoms with van der Waals surface area (Å²) in [4.78, 5) is 25.3. The zero-order valence-corrected chi connectivity index (χ0v) is 24.0. The van der Waals surface area contributed by atoms with Crippen LogP contribution >= 0.6 is 0 Å². The van der Waals surface area contributed by atoms with Gasteiger partial charge < -0.3 is 28.4 Å². The number of nitrogens with one attached hydrogen (secondary N) is 2. The maximum atomic E-state index is 12.7.